The van der Waals surface area contributed by atoms with Crippen molar-refractivity contribution in [2.45, 2.75) is 19.4 Å². The summed E-state index contributed by atoms with van der Waals surface area (Å²) in [7, 11) is 1.85. The lowest BCUT2D eigenvalue weighted by atomic mass is 10.0. The van der Waals surface area contributed by atoms with Crippen LogP contribution < -0.4 is 10.7 Å². The Hall–Kier alpha value is -3.55. The molecular weight excluding hydrogens is 357 g/mol. The molecule has 28 heavy (non-hydrogen) atoms. The Bertz CT molecular complexity index is 1270. The molecule has 0 amide bonds. The second kappa shape index (κ2) is 6.56. The zero-order chi connectivity index (χ0) is 19.1. The number of hydrogen-bond donors (Lipinski definition) is 1. The fourth-order valence-electron chi connectivity index (χ4n) is 3.67. The summed E-state index contributed by atoms with van der Waals surface area (Å²) in [5.74, 6) is 0.629. The number of hydrogen-bond acceptors (Lipinski definition) is 4. The standard InChI is InChI=1S/C20H18FN7/c1-27-10-15(25-26-27)11-28-12-24-18(13-2-4-14(21)5-3-13)19(28)16-6-8-22-20-17(16)7-9-23-20/h2,4-5,7-10,12,23H,3,6,11H2,1H3. The van der Waals surface area contributed by atoms with Crippen LogP contribution in [0.4, 0.5) is 10.2 Å². The highest BCUT2D eigenvalue weighted by Gasteiger charge is 2.17. The molecule has 2 aliphatic rings. The number of nitrogens with zero attached hydrogens (tertiary/aromatic N) is 6. The molecule has 1 aliphatic heterocycles. The highest BCUT2D eigenvalue weighted by molar-refractivity contribution is 5.88. The Morgan fingerprint density at radius 3 is 2.96 bits per heavy atom. The van der Waals surface area contributed by atoms with E-state index in [1.807, 2.05) is 44.1 Å². The monoisotopic (exact) mass is 375 g/mol. The Balaban J connectivity index is 1.77. The van der Waals surface area contributed by atoms with Gasteiger partial charge in [-0.3, -0.25) is 4.68 Å². The summed E-state index contributed by atoms with van der Waals surface area (Å²) in [6, 6.07) is 2.03. The van der Waals surface area contributed by atoms with Crippen LogP contribution in [-0.2, 0) is 13.6 Å². The SMILES string of the molecule is Cn1cc(Cn2cnc(=C3C=CC(F)=CC3)c2=C2CC=Nc3[nH]ccc32)nn1. The van der Waals surface area contributed by atoms with E-state index in [2.05, 4.69) is 24.9 Å². The van der Waals surface area contributed by atoms with E-state index in [4.69, 9.17) is 4.98 Å². The minimum atomic E-state index is -0.213. The molecule has 5 rings (SSSR count). The zero-order valence-electron chi connectivity index (χ0n) is 15.3. The van der Waals surface area contributed by atoms with Gasteiger partial charge in [-0.2, -0.15) is 0 Å². The van der Waals surface area contributed by atoms with Crippen molar-refractivity contribution < 1.29 is 4.39 Å². The van der Waals surface area contributed by atoms with Crippen molar-refractivity contribution in [1.82, 2.24) is 29.5 Å². The second-order valence-corrected chi connectivity index (χ2v) is 6.84. The molecule has 0 radical (unpaired) electrons. The fraction of sp³-hybridized carbons (Fsp3) is 0.200. The maximum absolute atomic E-state index is 13.5. The predicted molar refractivity (Wildman–Crippen MR) is 104 cm³/mol. The Morgan fingerprint density at radius 1 is 1.25 bits per heavy atom. The van der Waals surface area contributed by atoms with Gasteiger partial charge >= 0.3 is 0 Å². The van der Waals surface area contributed by atoms with Gasteiger partial charge in [-0.05, 0) is 35.8 Å². The van der Waals surface area contributed by atoms with Crippen LogP contribution in [-0.4, -0.2) is 35.7 Å². The van der Waals surface area contributed by atoms with Gasteiger partial charge in [-0.25, -0.2) is 14.4 Å². The molecule has 0 unspecified atom stereocenters. The van der Waals surface area contributed by atoms with Crippen LogP contribution >= 0.6 is 0 Å². The van der Waals surface area contributed by atoms with E-state index in [1.54, 1.807) is 10.8 Å². The van der Waals surface area contributed by atoms with Crippen LogP contribution in [0.3, 0.4) is 0 Å². The number of aliphatic imine (C=N–C) groups is 1. The van der Waals surface area contributed by atoms with E-state index in [0.717, 1.165) is 38.9 Å². The molecule has 0 bridgehead atoms. The summed E-state index contributed by atoms with van der Waals surface area (Å²) >= 11 is 0. The van der Waals surface area contributed by atoms with Crippen LogP contribution in [0.1, 0.15) is 24.1 Å². The first-order valence-corrected chi connectivity index (χ1v) is 9.06. The van der Waals surface area contributed by atoms with Crippen LogP contribution in [0.2, 0.25) is 0 Å². The topological polar surface area (TPSA) is 76.7 Å². The van der Waals surface area contributed by atoms with E-state index in [9.17, 15) is 4.39 Å². The molecule has 1 N–H and O–H groups in total. The van der Waals surface area contributed by atoms with Gasteiger partial charge in [-0.1, -0.05) is 11.3 Å². The van der Waals surface area contributed by atoms with Crippen molar-refractivity contribution >= 4 is 23.2 Å². The Kier molecular flexibility index (Phi) is 3.89. The van der Waals surface area contributed by atoms with Gasteiger partial charge in [0, 0.05) is 37.6 Å². The average Bonchev–Trinajstić information content (AvgIpc) is 3.42. The minimum absolute atomic E-state index is 0.213. The number of allylic oxidation sites excluding steroid dienone is 4. The molecule has 0 saturated carbocycles. The number of aryl methyl sites for hydroxylation is 1. The third-order valence-corrected chi connectivity index (χ3v) is 4.94. The van der Waals surface area contributed by atoms with Crippen molar-refractivity contribution in [3.63, 3.8) is 0 Å². The van der Waals surface area contributed by atoms with E-state index in [1.165, 1.54) is 6.08 Å². The second-order valence-electron chi connectivity index (χ2n) is 6.84. The molecule has 0 aromatic carbocycles. The first-order valence-electron chi connectivity index (χ1n) is 9.06. The average molecular weight is 375 g/mol. The van der Waals surface area contributed by atoms with Gasteiger partial charge in [-0.15, -0.1) is 5.10 Å². The van der Waals surface area contributed by atoms with Crippen LogP contribution in [0.15, 0.2) is 53.8 Å². The quantitative estimate of drug-likeness (QED) is 0.740. The van der Waals surface area contributed by atoms with Crippen LogP contribution in [0.25, 0.3) is 11.1 Å². The highest BCUT2D eigenvalue weighted by Crippen LogP contribution is 2.28. The number of aromatic nitrogens is 6. The van der Waals surface area contributed by atoms with Crippen LogP contribution in [0, 0.1) is 0 Å². The maximum Gasteiger partial charge on any atom is 0.137 e. The van der Waals surface area contributed by atoms with Crippen molar-refractivity contribution in [3.8, 4) is 0 Å². The van der Waals surface area contributed by atoms with Crippen LogP contribution in [0.5, 0.6) is 0 Å². The van der Waals surface area contributed by atoms with Gasteiger partial charge in [0.25, 0.3) is 0 Å². The zero-order valence-corrected chi connectivity index (χ0v) is 15.3. The summed E-state index contributed by atoms with van der Waals surface area (Å²) in [5, 5.41) is 10.1. The fourth-order valence-corrected chi connectivity index (χ4v) is 3.67. The lowest BCUT2D eigenvalue weighted by molar-refractivity contribution is 0.661. The lowest BCUT2D eigenvalue weighted by Gasteiger charge is -2.11. The summed E-state index contributed by atoms with van der Waals surface area (Å²) < 4.78 is 17.2. The van der Waals surface area contributed by atoms with Crippen molar-refractivity contribution in [2.75, 3.05) is 0 Å². The van der Waals surface area contributed by atoms with Gasteiger partial charge in [0.2, 0.25) is 0 Å². The summed E-state index contributed by atoms with van der Waals surface area (Å²) in [5.41, 5.74) is 4.04. The lowest BCUT2D eigenvalue weighted by Crippen LogP contribution is -2.35. The summed E-state index contributed by atoms with van der Waals surface area (Å²) in [6.45, 7) is 0.553. The first kappa shape index (κ1) is 16.6. The third kappa shape index (κ3) is 2.83. The molecule has 0 atom stereocenters. The number of aromatic amines is 1. The van der Waals surface area contributed by atoms with E-state index >= 15 is 0 Å². The van der Waals surface area contributed by atoms with Crippen molar-refractivity contribution in [1.29, 1.82) is 0 Å². The largest absolute Gasteiger partial charge is 0.346 e. The molecule has 0 spiro atoms. The molecule has 1 aliphatic carbocycles. The third-order valence-electron chi connectivity index (χ3n) is 4.94. The number of H-pyrrole nitrogens is 1. The predicted octanol–water partition coefficient (Wildman–Crippen LogP) is 1.66. The number of halogens is 1. The molecule has 0 fully saturated rings. The molecule has 3 aromatic rings. The first-order chi connectivity index (χ1) is 13.7. The molecule has 3 aromatic heterocycles. The molecule has 140 valence electrons. The molecule has 8 heteroatoms. The number of fused-ring (bicyclic) bond motifs is 1. The van der Waals surface area contributed by atoms with Gasteiger partial charge < -0.3 is 9.55 Å². The van der Waals surface area contributed by atoms with Crippen molar-refractivity contribution in [3.05, 3.63) is 70.8 Å². The normalized spacial score (nSPS) is 19.7. The molecular formula is C20H18FN7. The van der Waals surface area contributed by atoms with E-state index < -0.39 is 0 Å². The summed E-state index contributed by atoms with van der Waals surface area (Å²) in [4.78, 5) is 12.3. The number of nitrogens with one attached hydrogen (secondary N) is 1. The molecule has 0 saturated heterocycles. The van der Waals surface area contributed by atoms with E-state index in [-0.39, 0.29) is 5.83 Å². The molecule has 7 nitrogen and oxygen atoms in total. The maximum atomic E-state index is 13.5. The Labute approximate surface area is 159 Å². The Morgan fingerprint density at radius 2 is 2.18 bits per heavy atom. The smallest absolute Gasteiger partial charge is 0.137 e. The molecule has 4 heterocycles. The number of imidazole rings is 1. The number of rotatable bonds is 2. The highest BCUT2D eigenvalue weighted by atomic mass is 19.1. The summed E-state index contributed by atoms with van der Waals surface area (Å²) in [6.07, 6.45) is 13.6. The van der Waals surface area contributed by atoms with Gasteiger partial charge in [0.05, 0.1) is 23.6 Å². The van der Waals surface area contributed by atoms with Crippen molar-refractivity contribution in [2.24, 2.45) is 12.0 Å². The van der Waals surface area contributed by atoms with Gasteiger partial charge in [0.1, 0.15) is 17.3 Å². The van der Waals surface area contributed by atoms with Gasteiger partial charge in [0.15, 0.2) is 0 Å². The van der Waals surface area contributed by atoms with E-state index in [0.29, 0.717) is 19.4 Å². The minimum Gasteiger partial charge on any atom is -0.346 e.